The average Bonchev–Trinajstić information content (AvgIpc) is 2.57. The molecule has 3 aliphatic heterocycles. The molecule has 5 nitrogen and oxygen atoms in total. The molecule has 0 amide bonds. The summed E-state index contributed by atoms with van der Waals surface area (Å²) in [7, 11) is 0. The van der Waals surface area contributed by atoms with Gasteiger partial charge in [0.05, 0.1) is 6.61 Å². The van der Waals surface area contributed by atoms with Crippen molar-refractivity contribution >= 4 is 0 Å². The molecule has 0 aromatic heterocycles. The Hall–Kier alpha value is -0.200. The van der Waals surface area contributed by atoms with Gasteiger partial charge in [-0.2, -0.15) is 0 Å². The molecule has 0 aliphatic carbocycles. The average molecular weight is 296 g/mol. The molecule has 21 heavy (non-hydrogen) atoms. The van der Waals surface area contributed by atoms with Gasteiger partial charge in [0, 0.05) is 44.8 Å². The van der Waals surface area contributed by atoms with Gasteiger partial charge >= 0.3 is 0 Å². The quantitative estimate of drug-likeness (QED) is 0.753. The Kier molecular flexibility index (Phi) is 5.89. The second-order valence-electron chi connectivity index (χ2n) is 6.85. The van der Waals surface area contributed by atoms with Crippen molar-refractivity contribution in [3.63, 3.8) is 0 Å². The minimum atomic E-state index is 0.300. The van der Waals surface area contributed by atoms with Gasteiger partial charge in [0.15, 0.2) is 0 Å². The lowest BCUT2D eigenvalue weighted by Gasteiger charge is -2.45. The number of hydrogen-bond acceptors (Lipinski definition) is 5. The highest BCUT2D eigenvalue weighted by Gasteiger charge is 2.30. The third kappa shape index (κ3) is 4.17. The molecule has 3 rings (SSSR count). The van der Waals surface area contributed by atoms with E-state index in [0.717, 1.165) is 31.7 Å². The SMILES string of the molecule is OCCN1CCN(C2CCN(C3CCNCC3)CC2)CC1. The van der Waals surface area contributed by atoms with E-state index in [1.165, 1.54) is 65.0 Å². The summed E-state index contributed by atoms with van der Waals surface area (Å²) in [5.74, 6) is 0. The second kappa shape index (κ2) is 7.88. The fourth-order valence-electron chi connectivity index (χ4n) is 4.28. The maximum Gasteiger partial charge on any atom is 0.0558 e. The summed E-state index contributed by atoms with van der Waals surface area (Å²) in [5, 5.41) is 12.5. The predicted molar refractivity (Wildman–Crippen MR) is 85.6 cm³/mol. The van der Waals surface area contributed by atoms with E-state index in [-0.39, 0.29) is 0 Å². The molecule has 3 heterocycles. The van der Waals surface area contributed by atoms with Crippen LogP contribution in [0.25, 0.3) is 0 Å². The van der Waals surface area contributed by atoms with E-state index in [9.17, 15) is 0 Å². The van der Waals surface area contributed by atoms with Crippen LogP contribution in [0.4, 0.5) is 0 Å². The summed E-state index contributed by atoms with van der Waals surface area (Å²) in [6.07, 6.45) is 5.38. The minimum Gasteiger partial charge on any atom is -0.395 e. The number of nitrogens with zero attached hydrogens (tertiary/aromatic N) is 3. The van der Waals surface area contributed by atoms with Crippen molar-refractivity contribution in [3.8, 4) is 0 Å². The molecule has 3 fully saturated rings. The highest BCUT2D eigenvalue weighted by Crippen LogP contribution is 2.22. The first kappa shape index (κ1) is 15.7. The molecule has 5 heteroatoms. The fourth-order valence-corrected chi connectivity index (χ4v) is 4.28. The highest BCUT2D eigenvalue weighted by molar-refractivity contribution is 4.87. The number of aliphatic hydroxyl groups excluding tert-OH is 1. The second-order valence-corrected chi connectivity index (χ2v) is 6.85. The molecule has 0 aromatic rings. The molecule has 0 saturated carbocycles. The maximum atomic E-state index is 9.02. The predicted octanol–water partition coefficient (Wildman–Crippen LogP) is -0.187. The fraction of sp³-hybridized carbons (Fsp3) is 1.00. The third-order valence-corrected chi connectivity index (χ3v) is 5.66. The summed E-state index contributed by atoms with van der Waals surface area (Å²) >= 11 is 0. The molecule has 0 atom stereocenters. The summed E-state index contributed by atoms with van der Waals surface area (Å²) in [6.45, 7) is 10.8. The standard InChI is InChI=1S/C16H32N4O/c21-14-13-18-9-11-20(12-10-18)16-3-7-19(8-4-16)15-1-5-17-6-2-15/h15-17,21H,1-14H2. The van der Waals surface area contributed by atoms with E-state index in [1.54, 1.807) is 0 Å². The molecule has 0 unspecified atom stereocenters. The minimum absolute atomic E-state index is 0.300. The van der Waals surface area contributed by atoms with E-state index in [4.69, 9.17) is 5.11 Å². The van der Waals surface area contributed by atoms with Gasteiger partial charge in [0.25, 0.3) is 0 Å². The van der Waals surface area contributed by atoms with Gasteiger partial charge in [-0.15, -0.1) is 0 Å². The van der Waals surface area contributed by atoms with Crippen molar-refractivity contribution in [3.05, 3.63) is 0 Å². The Morgan fingerprint density at radius 3 is 1.95 bits per heavy atom. The van der Waals surface area contributed by atoms with Crippen LogP contribution in [0.2, 0.25) is 0 Å². The Labute approximate surface area is 129 Å². The molecule has 3 aliphatic rings. The molecule has 0 radical (unpaired) electrons. The first-order valence-corrected chi connectivity index (χ1v) is 8.89. The summed E-state index contributed by atoms with van der Waals surface area (Å²) in [5.41, 5.74) is 0. The van der Waals surface area contributed by atoms with Gasteiger partial charge < -0.3 is 15.3 Å². The number of nitrogens with one attached hydrogen (secondary N) is 1. The van der Waals surface area contributed by atoms with Crippen molar-refractivity contribution < 1.29 is 5.11 Å². The van der Waals surface area contributed by atoms with Crippen LogP contribution in [-0.2, 0) is 0 Å². The lowest BCUT2D eigenvalue weighted by atomic mass is 9.97. The highest BCUT2D eigenvalue weighted by atomic mass is 16.3. The van der Waals surface area contributed by atoms with Gasteiger partial charge in [0.1, 0.15) is 0 Å². The van der Waals surface area contributed by atoms with Crippen molar-refractivity contribution in [2.45, 2.75) is 37.8 Å². The molecule has 122 valence electrons. The molecular weight excluding hydrogens is 264 g/mol. The van der Waals surface area contributed by atoms with Gasteiger partial charge in [-0.3, -0.25) is 9.80 Å². The van der Waals surface area contributed by atoms with E-state index in [2.05, 4.69) is 20.0 Å². The molecule has 3 saturated heterocycles. The first-order valence-electron chi connectivity index (χ1n) is 8.89. The number of piperidine rings is 2. The lowest BCUT2D eigenvalue weighted by molar-refractivity contribution is 0.0387. The van der Waals surface area contributed by atoms with Crippen molar-refractivity contribution in [2.75, 3.05) is 65.5 Å². The normalized spacial score (nSPS) is 29.0. The van der Waals surface area contributed by atoms with Gasteiger partial charge in [-0.25, -0.2) is 0 Å². The Morgan fingerprint density at radius 2 is 1.33 bits per heavy atom. The van der Waals surface area contributed by atoms with Crippen LogP contribution in [-0.4, -0.2) is 97.4 Å². The topological polar surface area (TPSA) is 42.0 Å². The van der Waals surface area contributed by atoms with Crippen molar-refractivity contribution in [1.82, 2.24) is 20.0 Å². The summed E-state index contributed by atoms with van der Waals surface area (Å²) in [6, 6.07) is 1.65. The zero-order valence-electron chi connectivity index (χ0n) is 13.3. The van der Waals surface area contributed by atoms with Crippen LogP contribution >= 0.6 is 0 Å². The van der Waals surface area contributed by atoms with Gasteiger partial charge in [0.2, 0.25) is 0 Å². The first-order chi connectivity index (χ1) is 10.4. The molecular formula is C16H32N4O. The van der Waals surface area contributed by atoms with Crippen molar-refractivity contribution in [1.29, 1.82) is 0 Å². The van der Waals surface area contributed by atoms with Gasteiger partial charge in [-0.05, 0) is 51.9 Å². The largest absolute Gasteiger partial charge is 0.395 e. The maximum absolute atomic E-state index is 9.02. The van der Waals surface area contributed by atoms with E-state index in [0.29, 0.717) is 6.61 Å². The summed E-state index contributed by atoms with van der Waals surface area (Å²) < 4.78 is 0. The smallest absolute Gasteiger partial charge is 0.0558 e. The zero-order chi connectivity index (χ0) is 14.5. The monoisotopic (exact) mass is 296 g/mol. The van der Waals surface area contributed by atoms with Crippen LogP contribution in [0.5, 0.6) is 0 Å². The van der Waals surface area contributed by atoms with Crippen molar-refractivity contribution in [2.24, 2.45) is 0 Å². The van der Waals surface area contributed by atoms with E-state index in [1.807, 2.05) is 0 Å². The number of likely N-dealkylation sites (tertiary alicyclic amines) is 1. The van der Waals surface area contributed by atoms with Gasteiger partial charge in [-0.1, -0.05) is 0 Å². The van der Waals surface area contributed by atoms with Crippen LogP contribution in [0.3, 0.4) is 0 Å². The van der Waals surface area contributed by atoms with E-state index >= 15 is 0 Å². The number of β-amino-alcohol motifs (C(OH)–C–C–N with tert-alkyl or cyclic N) is 1. The lowest BCUT2D eigenvalue weighted by Crippen LogP contribution is -2.55. The van der Waals surface area contributed by atoms with Crippen LogP contribution < -0.4 is 5.32 Å². The van der Waals surface area contributed by atoms with E-state index < -0.39 is 0 Å². The molecule has 2 N–H and O–H groups in total. The molecule has 0 bridgehead atoms. The van der Waals surface area contributed by atoms with Crippen LogP contribution in [0, 0.1) is 0 Å². The number of piperazine rings is 1. The Morgan fingerprint density at radius 1 is 0.762 bits per heavy atom. The van der Waals surface area contributed by atoms with Crippen LogP contribution in [0.1, 0.15) is 25.7 Å². The Bertz CT molecular complexity index is 293. The number of hydrogen-bond donors (Lipinski definition) is 2. The van der Waals surface area contributed by atoms with Crippen LogP contribution in [0.15, 0.2) is 0 Å². The molecule has 0 spiro atoms. The molecule has 0 aromatic carbocycles. The number of aliphatic hydroxyl groups is 1. The number of rotatable bonds is 4. The third-order valence-electron chi connectivity index (χ3n) is 5.66. The zero-order valence-corrected chi connectivity index (χ0v) is 13.3. The Balaban J connectivity index is 1.39. The summed E-state index contributed by atoms with van der Waals surface area (Å²) in [4.78, 5) is 7.84.